The number of aliphatic hydroxyl groups excluding tert-OH is 1. The Morgan fingerprint density at radius 2 is 1.97 bits per heavy atom. The van der Waals surface area contributed by atoms with Gasteiger partial charge in [0.25, 0.3) is 0 Å². The molecule has 1 saturated heterocycles. The van der Waals surface area contributed by atoms with Crippen LogP contribution in [-0.4, -0.2) is 58.1 Å². The van der Waals surface area contributed by atoms with Gasteiger partial charge in [-0.2, -0.15) is 0 Å². The summed E-state index contributed by atoms with van der Waals surface area (Å²) in [4.78, 5) is 38.6. The topological polar surface area (TPSA) is 119 Å². The Morgan fingerprint density at radius 3 is 2.56 bits per heavy atom. The van der Waals surface area contributed by atoms with E-state index < -0.39 is 59.3 Å². The Hall–Kier alpha value is -2.45. The van der Waals surface area contributed by atoms with Crippen molar-refractivity contribution in [2.24, 2.45) is 23.2 Å². The Morgan fingerprint density at radius 1 is 1.32 bits per heavy atom. The molecule has 8 nitrogen and oxygen atoms in total. The van der Waals surface area contributed by atoms with E-state index in [-0.39, 0.29) is 23.8 Å². The zero-order valence-corrected chi connectivity index (χ0v) is 20.7. The lowest BCUT2D eigenvalue weighted by Crippen LogP contribution is -2.55. The van der Waals surface area contributed by atoms with Crippen LogP contribution in [0, 0.1) is 23.2 Å². The summed E-state index contributed by atoms with van der Waals surface area (Å²) in [5, 5.41) is 21.4. The Bertz CT molecular complexity index is 931. The maximum absolute atomic E-state index is 12.9. The molecule has 2 aliphatic carbocycles. The average molecular weight is 477 g/mol. The Labute approximate surface area is 200 Å². The van der Waals surface area contributed by atoms with Gasteiger partial charge in [-0.05, 0) is 33.1 Å². The minimum absolute atomic E-state index is 0.0143. The molecule has 2 fully saturated rings. The van der Waals surface area contributed by atoms with E-state index in [2.05, 4.69) is 6.58 Å². The predicted octanol–water partition coefficient (Wildman–Crippen LogP) is 2.63. The summed E-state index contributed by atoms with van der Waals surface area (Å²) in [6, 6.07) is 0. The highest BCUT2D eigenvalue weighted by molar-refractivity contribution is 5.91. The summed E-state index contributed by atoms with van der Waals surface area (Å²) in [6.07, 6.45) is 1.38. The quantitative estimate of drug-likeness (QED) is 0.260. The molecule has 0 aromatic rings. The monoisotopic (exact) mass is 476 g/mol. The lowest BCUT2D eigenvalue weighted by molar-refractivity contribution is -0.192. The van der Waals surface area contributed by atoms with E-state index in [1.165, 1.54) is 0 Å². The molecule has 3 aliphatic rings. The van der Waals surface area contributed by atoms with Crippen LogP contribution in [0.4, 0.5) is 0 Å². The molecule has 0 amide bonds. The minimum atomic E-state index is -1.26. The molecule has 34 heavy (non-hydrogen) atoms. The van der Waals surface area contributed by atoms with Crippen molar-refractivity contribution < 1.29 is 38.8 Å². The highest BCUT2D eigenvalue weighted by Gasteiger charge is 2.65. The number of hydrogen-bond donors (Lipinski definition) is 2. The van der Waals surface area contributed by atoms with Crippen molar-refractivity contribution in [1.82, 2.24) is 0 Å². The van der Waals surface area contributed by atoms with Gasteiger partial charge in [0, 0.05) is 22.5 Å². The molecule has 1 aliphatic heterocycles. The number of carbonyl (C=O) groups excluding carboxylic acids is 3. The predicted molar refractivity (Wildman–Crippen MR) is 123 cm³/mol. The van der Waals surface area contributed by atoms with Crippen molar-refractivity contribution in [1.29, 1.82) is 0 Å². The third-order valence-electron chi connectivity index (χ3n) is 8.01. The van der Waals surface area contributed by atoms with Crippen LogP contribution in [0.15, 0.2) is 36.0 Å². The van der Waals surface area contributed by atoms with Gasteiger partial charge in [-0.1, -0.05) is 45.6 Å². The van der Waals surface area contributed by atoms with Crippen LogP contribution in [0.2, 0.25) is 0 Å². The fraction of sp³-hybridized carbons (Fsp3) is 0.654. The molecule has 2 bridgehead atoms. The molecule has 2 N–H and O–H groups in total. The van der Waals surface area contributed by atoms with Crippen molar-refractivity contribution in [3.05, 3.63) is 36.0 Å². The normalized spacial score (nSPS) is 38.9. The van der Waals surface area contributed by atoms with Gasteiger partial charge in [0.2, 0.25) is 0 Å². The molecule has 0 aromatic carbocycles. The van der Waals surface area contributed by atoms with Crippen LogP contribution < -0.4 is 0 Å². The van der Waals surface area contributed by atoms with Crippen LogP contribution in [0.1, 0.15) is 54.4 Å². The summed E-state index contributed by atoms with van der Waals surface area (Å²) in [6.45, 7) is 14.2. The second kappa shape index (κ2) is 9.30. The maximum Gasteiger partial charge on any atom is 0.334 e. The number of rotatable bonds is 6. The van der Waals surface area contributed by atoms with Gasteiger partial charge in [-0.25, -0.2) is 9.59 Å². The first kappa shape index (κ1) is 26.2. The van der Waals surface area contributed by atoms with Crippen molar-refractivity contribution >= 4 is 17.9 Å². The van der Waals surface area contributed by atoms with Gasteiger partial charge >= 0.3 is 17.9 Å². The molecule has 0 spiro atoms. The number of ether oxygens (including phenoxy) is 3. The van der Waals surface area contributed by atoms with Crippen molar-refractivity contribution in [3.8, 4) is 0 Å². The zero-order valence-electron chi connectivity index (χ0n) is 20.7. The number of aliphatic hydroxyl groups is 2. The van der Waals surface area contributed by atoms with E-state index in [9.17, 15) is 24.6 Å². The fourth-order valence-corrected chi connectivity index (χ4v) is 5.39. The van der Waals surface area contributed by atoms with E-state index in [4.69, 9.17) is 14.2 Å². The van der Waals surface area contributed by atoms with Crippen LogP contribution >= 0.6 is 0 Å². The third-order valence-corrected chi connectivity index (χ3v) is 8.01. The van der Waals surface area contributed by atoms with Gasteiger partial charge in [0.05, 0.1) is 24.0 Å². The van der Waals surface area contributed by atoms with Gasteiger partial charge in [-0.3, -0.25) is 4.79 Å². The zero-order chi connectivity index (χ0) is 25.6. The molecule has 1 heterocycles. The van der Waals surface area contributed by atoms with Crippen molar-refractivity contribution in [3.63, 3.8) is 0 Å². The molecule has 188 valence electrons. The second-order valence-electron chi connectivity index (χ2n) is 10.3. The Kier molecular flexibility index (Phi) is 7.16. The molecule has 1 saturated carbocycles. The summed E-state index contributed by atoms with van der Waals surface area (Å²) in [7, 11) is 0. The van der Waals surface area contributed by atoms with Gasteiger partial charge < -0.3 is 24.4 Å². The first-order valence-corrected chi connectivity index (χ1v) is 11.8. The summed E-state index contributed by atoms with van der Waals surface area (Å²) < 4.78 is 17.5. The molecule has 3 rings (SSSR count). The lowest BCUT2D eigenvalue weighted by Gasteiger charge is -2.44. The van der Waals surface area contributed by atoms with Crippen molar-refractivity contribution in [2.45, 2.75) is 84.4 Å². The largest absolute Gasteiger partial charge is 0.457 e. The van der Waals surface area contributed by atoms with Gasteiger partial charge in [0.1, 0.15) is 18.3 Å². The number of allylic oxidation sites excluding steroid dienone is 2. The van der Waals surface area contributed by atoms with Crippen molar-refractivity contribution in [2.75, 3.05) is 0 Å². The lowest BCUT2D eigenvalue weighted by atomic mass is 9.66. The molecule has 0 radical (unpaired) electrons. The SMILES string of the molecule is C=C1C(=O)OC2[C@@H](C)C3C=C[C@@H](O)[C@@]3(C)[C@@H](OC(=O)/C(C)=C\C)C1[C@@H]2OC(=O)CC(C)(O)CC. The van der Waals surface area contributed by atoms with Crippen LogP contribution in [0.5, 0.6) is 0 Å². The number of esters is 3. The second-order valence-corrected chi connectivity index (χ2v) is 10.3. The highest BCUT2D eigenvalue weighted by Crippen LogP contribution is 2.56. The standard InChI is InChI=1S/C26H36O8/c1-8-13(3)23(29)34-22-19-15(5)24(30)33-20(14(4)16-10-11-17(27)26(16,22)7)21(19)32-18(28)12-25(6,31)9-2/h8,10-11,14,16-17,19-22,27,31H,5,9,12H2,1-4,6-7H3/b13-8-/t14-,16?,17+,19?,20?,21-,22-,25?,26-/m0/s1. The van der Waals surface area contributed by atoms with E-state index >= 15 is 0 Å². The molecular formula is C26H36O8. The van der Waals surface area contributed by atoms with Crippen LogP contribution in [0.3, 0.4) is 0 Å². The number of carbonyl (C=O) groups is 3. The van der Waals surface area contributed by atoms with Crippen LogP contribution in [-0.2, 0) is 28.6 Å². The van der Waals surface area contributed by atoms with Gasteiger partial charge in [-0.15, -0.1) is 0 Å². The highest BCUT2D eigenvalue weighted by atomic mass is 16.6. The van der Waals surface area contributed by atoms with Crippen LogP contribution in [0.25, 0.3) is 0 Å². The first-order valence-electron chi connectivity index (χ1n) is 11.8. The minimum Gasteiger partial charge on any atom is -0.457 e. The summed E-state index contributed by atoms with van der Waals surface area (Å²) in [5.74, 6) is -3.53. The molecular weight excluding hydrogens is 440 g/mol. The van der Waals surface area contributed by atoms with Gasteiger partial charge in [0.15, 0.2) is 0 Å². The van der Waals surface area contributed by atoms with E-state index in [0.717, 1.165) is 0 Å². The van der Waals surface area contributed by atoms with E-state index in [0.29, 0.717) is 12.0 Å². The Balaban J connectivity index is 2.11. The van der Waals surface area contributed by atoms with E-state index in [1.807, 2.05) is 13.0 Å². The fourth-order valence-electron chi connectivity index (χ4n) is 5.39. The smallest absolute Gasteiger partial charge is 0.334 e. The number of hydrogen-bond acceptors (Lipinski definition) is 8. The van der Waals surface area contributed by atoms with E-state index in [1.54, 1.807) is 46.8 Å². The molecule has 8 heteroatoms. The third kappa shape index (κ3) is 4.33. The summed E-state index contributed by atoms with van der Waals surface area (Å²) >= 11 is 0. The molecule has 0 aromatic heterocycles. The summed E-state index contributed by atoms with van der Waals surface area (Å²) in [5.41, 5.74) is -1.89. The molecule has 9 atom stereocenters. The molecule has 4 unspecified atom stereocenters. The first-order chi connectivity index (χ1) is 15.8. The number of fused-ring (bicyclic) bond motifs is 3. The maximum atomic E-state index is 12.9. The average Bonchev–Trinajstić information content (AvgIpc) is 3.06.